The molecule has 0 saturated carbocycles. The van der Waals surface area contributed by atoms with E-state index in [0.29, 0.717) is 6.04 Å². The van der Waals surface area contributed by atoms with Gasteiger partial charge in [0.25, 0.3) is 0 Å². The van der Waals surface area contributed by atoms with Gasteiger partial charge in [0.05, 0.1) is 29.1 Å². The third kappa shape index (κ3) is 5.28. The minimum Gasteiger partial charge on any atom is -0.349 e. The van der Waals surface area contributed by atoms with E-state index in [1.807, 2.05) is 6.20 Å². The normalized spacial score (nSPS) is 12.6. The lowest BCUT2D eigenvalue weighted by Gasteiger charge is -2.28. The van der Waals surface area contributed by atoms with Gasteiger partial charge in [-0.2, -0.15) is 0 Å². The lowest BCUT2D eigenvalue weighted by Crippen LogP contribution is -2.33. The topological polar surface area (TPSA) is 27.5 Å². The highest BCUT2D eigenvalue weighted by molar-refractivity contribution is 6.10. The van der Waals surface area contributed by atoms with E-state index in [-0.39, 0.29) is 0 Å². The Balaban J connectivity index is 1.21. The summed E-state index contributed by atoms with van der Waals surface area (Å²) in [6, 6.07) is 55.1. The number of nitrogens with zero attached hydrogens (tertiary/aromatic N) is 5. The second kappa shape index (κ2) is 12.8. The molecule has 0 spiro atoms. The van der Waals surface area contributed by atoms with Gasteiger partial charge in [0.1, 0.15) is 5.82 Å². The molecule has 5 heteroatoms. The molecule has 3 heterocycles. The second-order valence-electron chi connectivity index (χ2n) is 14.0. The Morgan fingerprint density at radius 2 is 1.25 bits per heavy atom. The van der Waals surface area contributed by atoms with Crippen molar-refractivity contribution < 1.29 is 0 Å². The van der Waals surface area contributed by atoms with Crippen molar-refractivity contribution in [2.24, 2.45) is 0 Å². The lowest BCUT2D eigenvalue weighted by atomic mass is 9.96. The quantitative estimate of drug-likeness (QED) is 0.168. The van der Waals surface area contributed by atoms with Crippen molar-refractivity contribution in [1.29, 1.82) is 0 Å². The van der Waals surface area contributed by atoms with E-state index in [1.54, 1.807) is 0 Å². The molecule has 1 aliphatic heterocycles. The lowest BCUT2D eigenvalue weighted by molar-refractivity contribution is 0.709. The van der Waals surface area contributed by atoms with Gasteiger partial charge in [0, 0.05) is 45.8 Å². The molecule has 1 aliphatic rings. The Morgan fingerprint density at radius 1 is 0.577 bits per heavy atom. The van der Waals surface area contributed by atoms with Crippen LogP contribution in [0.15, 0.2) is 158 Å². The van der Waals surface area contributed by atoms with Gasteiger partial charge in [-0.1, -0.05) is 78.9 Å². The van der Waals surface area contributed by atoms with Crippen molar-refractivity contribution in [2.75, 3.05) is 21.4 Å². The Morgan fingerprint density at radius 3 is 2.06 bits per heavy atom. The predicted octanol–water partition coefficient (Wildman–Crippen LogP) is 12.3. The summed E-state index contributed by atoms with van der Waals surface area (Å²) < 4.78 is 2.33. The zero-order valence-electron chi connectivity index (χ0n) is 30.0. The average Bonchev–Trinajstić information content (AvgIpc) is 3.72. The molecule has 0 radical (unpaired) electrons. The minimum absolute atomic E-state index is 0.393. The van der Waals surface area contributed by atoms with Gasteiger partial charge in [-0.15, -0.1) is 0 Å². The summed E-state index contributed by atoms with van der Waals surface area (Å²) in [5.74, 6) is 0.902. The second-order valence-corrected chi connectivity index (χ2v) is 14.0. The highest BCUT2D eigenvalue weighted by atomic mass is 15.4. The molecule has 0 unspecified atom stereocenters. The van der Waals surface area contributed by atoms with E-state index in [9.17, 15) is 0 Å². The largest absolute Gasteiger partial charge is 0.349 e. The van der Waals surface area contributed by atoms with Crippen LogP contribution in [0.3, 0.4) is 0 Å². The fourth-order valence-electron chi connectivity index (χ4n) is 8.04. The van der Waals surface area contributed by atoms with Crippen LogP contribution in [0.2, 0.25) is 0 Å². The zero-order chi connectivity index (χ0) is 35.3. The number of anilines is 6. The van der Waals surface area contributed by atoms with Crippen molar-refractivity contribution in [3.05, 3.63) is 169 Å². The maximum absolute atomic E-state index is 4.99. The molecule has 0 bridgehead atoms. The molecule has 9 rings (SSSR count). The van der Waals surface area contributed by atoms with E-state index in [2.05, 4.69) is 199 Å². The Bertz CT molecular complexity index is 2560. The molecular formula is C47H41N5. The van der Waals surface area contributed by atoms with Crippen molar-refractivity contribution >= 4 is 55.9 Å². The van der Waals surface area contributed by atoms with Crippen LogP contribution in [-0.4, -0.2) is 22.3 Å². The van der Waals surface area contributed by atoms with Gasteiger partial charge in [-0.25, -0.2) is 4.98 Å². The monoisotopic (exact) mass is 675 g/mol. The number of hydrogen-bond donors (Lipinski definition) is 0. The maximum atomic E-state index is 4.99. The van der Waals surface area contributed by atoms with Gasteiger partial charge >= 0.3 is 0 Å². The molecule has 0 amide bonds. The van der Waals surface area contributed by atoms with Crippen molar-refractivity contribution in [1.82, 2.24) is 9.55 Å². The fourth-order valence-corrected chi connectivity index (χ4v) is 8.04. The number of rotatable bonds is 7. The van der Waals surface area contributed by atoms with Crippen LogP contribution < -0.4 is 14.7 Å². The van der Waals surface area contributed by atoms with Crippen molar-refractivity contribution in [3.63, 3.8) is 0 Å². The molecule has 0 aliphatic carbocycles. The molecule has 8 aromatic rings. The third-order valence-corrected chi connectivity index (χ3v) is 10.5. The maximum Gasteiger partial charge on any atom is 0.138 e. The number of fused-ring (bicyclic) bond motifs is 4. The van der Waals surface area contributed by atoms with Crippen LogP contribution >= 0.6 is 0 Å². The van der Waals surface area contributed by atoms with Gasteiger partial charge in [0.15, 0.2) is 0 Å². The molecule has 6 aromatic carbocycles. The first-order chi connectivity index (χ1) is 25.5. The molecule has 254 valence electrons. The summed E-state index contributed by atoms with van der Waals surface area (Å²) in [6.45, 7) is 9.71. The van der Waals surface area contributed by atoms with Crippen LogP contribution in [0.5, 0.6) is 0 Å². The summed E-state index contributed by atoms with van der Waals surface area (Å²) >= 11 is 0. The smallest absolute Gasteiger partial charge is 0.138 e. The standard InChI is InChI=1S/C47H41N5/c1-32(2)49-31-50(44-23-11-10-22-43(44)49)37-18-13-19-38(29-37)51(36-16-6-5-7-17-36)39-24-25-41-40-20-8-9-21-42(40)52(45(41)30-39)46-28-35(26-27-48-46)47-33(3)14-12-15-34(47)4/h5-30,32H,31H2,1-4H3. The van der Waals surface area contributed by atoms with E-state index in [1.165, 1.54) is 44.4 Å². The van der Waals surface area contributed by atoms with Crippen LogP contribution in [0.1, 0.15) is 25.0 Å². The summed E-state index contributed by atoms with van der Waals surface area (Å²) in [6.07, 6.45) is 1.94. The first-order valence-corrected chi connectivity index (χ1v) is 18.1. The van der Waals surface area contributed by atoms with Crippen LogP contribution in [0, 0.1) is 13.8 Å². The summed E-state index contributed by atoms with van der Waals surface area (Å²) in [5, 5.41) is 2.40. The molecule has 0 atom stereocenters. The molecule has 0 fully saturated rings. The predicted molar refractivity (Wildman–Crippen MR) is 219 cm³/mol. The summed E-state index contributed by atoms with van der Waals surface area (Å²) in [5.41, 5.74) is 14.2. The third-order valence-electron chi connectivity index (χ3n) is 10.5. The van der Waals surface area contributed by atoms with E-state index in [0.717, 1.165) is 46.3 Å². The van der Waals surface area contributed by atoms with E-state index >= 15 is 0 Å². The average molecular weight is 676 g/mol. The van der Waals surface area contributed by atoms with E-state index in [4.69, 9.17) is 4.98 Å². The number of pyridine rings is 1. The van der Waals surface area contributed by atoms with E-state index < -0.39 is 0 Å². The molecule has 0 N–H and O–H groups in total. The van der Waals surface area contributed by atoms with Crippen LogP contribution in [-0.2, 0) is 0 Å². The van der Waals surface area contributed by atoms with Gasteiger partial charge in [-0.05, 0) is 123 Å². The number of benzene rings is 6. The van der Waals surface area contributed by atoms with Crippen LogP contribution in [0.4, 0.5) is 34.1 Å². The Labute approximate surface area is 305 Å². The number of para-hydroxylation sites is 4. The first kappa shape index (κ1) is 31.6. The summed E-state index contributed by atoms with van der Waals surface area (Å²) in [7, 11) is 0. The molecule has 5 nitrogen and oxygen atoms in total. The Kier molecular flexibility index (Phi) is 7.77. The highest BCUT2D eigenvalue weighted by Crippen LogP contribution is 2.44. The number of aromatic nitrogens is 2. The SMILES string of the molecule is Cc1cccc(C)c1-c1ccnc(-n2c3ccccc3c3ccc(N(c4ccccc4)c4cccc(N5CN(C(C)C)c6ccccc65)c4)cc32)c1. The highest BCUT2D eigenvalue weighted by Gasteiger charge is 2.28. The number of aryl methyl sites for hydroxylation is 2. The molecule has 52 heavy (non-hydrogen) atoms. The van der Waals surface area contributed by atoms with Gasteiger partial charge in [-0.3, -0.25) is 4.57 Å². The zero-order valence-corrected chi connectivity index (χ0v) is 30.0. The van der Waals surface area contributed by atoms with Gasteiger partial charge < -0.3 is 14.7 Å². The molecule has 2 aromatic heterocycles. The Hall–Kier alpha value is -6.33. The summed E-state index contributed by atoms with van der Waals surface area (Å²) in [4.78, 5) is 12.3. The van der Waals surface area contributed by atoms with Crippen LogP contribution in [0.25, 0.3) is 38.8 Å². The molecule has 0 saturated heterocycles. The van der Waals surface area contributed by atoms with Crippen molar-refractivity contribution in [2.45, 2.75) is 33.7 Å². The van der Waals surface area contributed by atoms with Gasteiger partial charge in [0.2, 0.25) is 0 Å². The van der Waals surface area contributed by atoms with Crippen molar-refractivity contribution in [3.8, 4) is 16.9 Å². The minimum atomic E-state index is 0.393. The fraction of sp³-hybridized carbons (Fsp3) is 0.128. The number of hydrogen-bond acceptors (Lipinski definition) is 4. The molecular weight excluding hydrogens is 635 g/mol. The first-order valence-electron chi connectivity index (χ1n) is 18.1.